The summed E-state index contributed by atoms with van der Waals surface area (Å²) in [5, 5.41) is 2.20. The number of hydrogen-bond acceptors (Lipinski definition) is 3. The van der Waals surface area contributed by atoms with E-state index in [2.05, 4.69) is 5.32 Å². The van der Waals surface area contributed by atoms with Crippen LogP contribution in [0, 0.1) is 17.5 Å². The van der Waals surface area contributed by atoms with Crippen molar-refractivity contribution in [3.05, 3.63) is 53.3 Å². The highest BCUT2D eigenvalue weighted by Crippen LogP contribution is 2.26. The minimum absolute atomic E-state index is 0.133. The molecule has 0 saturated carbocycles. The van der Waals surface area contributed by atoms with Gasteiger partial charge in [-0.05, 0) is 18.2 Å². The van der Waals surface area contributed by atoms with Crippen molar-refractivity contribution < 1.29 is 27.4 Å². The van der Waals surface area contributed by atoms with Crippen molar-refractivity contribution in [1.29, 1.82) is 0 Å². The van der Waals surface area contributed by atoms with Gasteiger partial charge in [0.15, 0.2) is 17.5 Å². The van der Waals surface area contributed by atoms with E-state index in [4.69, 9.17) is 9.47 Å². The fraction of sp³-hybridized carbons (Fsp3) is 0.188. The Balaban J connectivity index is 2.16. The van der Waals surface area contributed by atoms with Gasteiger partial charge in [-0.15, -0.1) is 0 Å². The molecule has 0 atom stereocenters. The predicted octanol–water partition coefficient (Wildman–Crippen LogP) is 3.30. The first-order chi connectivity index (χ1) is 11.0. The summed E-state index contributed by atoms with van der Waals surface area (Å²) < 4.78 is 49.7. The zero-order valence-electron chi connectivity index (χ0n) is 12.5. The number of rotatable bonds is 5. The minimum Gasteiger partial charge on any atom is -0.497 e. The van der Waals surface area contributed by atoms with Crippen molar-refractivity contribution in [3.8, 4) is 11.5 Å². The Morgan fingerprint density at radius 3 is 2.43 bits per heavy atom. The molecule has 0 heterocycles. The van der Waals surface area contributed by atoms with Crippen LogP contribution in [-0.2, 0) is 11.2 Å². The van der Waals surface area contributed by atoms with Gasteiger partial charge in [0, 0.05) is 11.6 Å². The van der Waals surface area contributed by atoms with Gasteiger partial charge in [-0.3, -0.25) is 4.79 Å². The Morgan fingerprint density at radius 2 is 1.78 bits per heavy atom. The molecule has 2 aromatic carbocycles. The molecule has 4 nitrogen and oxygen atoms in total. The van der Waals surface area contributed by atoms with E-state index >= 15 is 0 Å². The number of anilines is 1. The molecule has 1 amide bonds. The van der Waals surface area contributed by atoms with E-state index < -0.39 is 29.0 Å². The summed E-state index contributed by atoms with van der Waals surface area (Å²) in [6.07, 6.45) is -0.133. The lowest BCUT2D eigenvalue weighted by Gasteiger charge is -2.11. The molecule has 0 spiro atoms. The van der Waals surface area contributed by atoms with Crippen molar-refractivity contribution in [2.24, 2.45) is 0 Å². The number of hydrogen-bond donors (Lipinski definition) is 1. The summed E-state index contributed by atoms with van der Waals surface area (Å²) in [5.74, 6) is -4.02. The summed E-state index contributed by atoms with van der Waals surface area (Å²) in [6.45, 7) is 0. The number of methoxy groups -OCH3 is 2. The van der Waals surface area contributed by atoms with E-state index in [1.807, 2.05) is 0 Å². The topological polar surface area (TPSA) is 47.6 Å². The molecular formula is C16H14F3NO3. The highest BCUT2D eigenvalue weighted by atomic mass is 19.2. The molecule has 0 unspecified atom stereocenters. The lowest BCUT2D eigenvalue weighted by atomic mass is 10.1. The van der Waals surface area contributed by atoms with Crippen molar-refractivity contribution in [3.63, 3.8) is 0 Å². The third kappa shape index (κ3) is 3.74. The Morgan fingerprint density at radius 1 is 1.04 bits per heavy atom. The highest BCUT2D eigenvalue weighted by Gasteiger charge is 2.16. The van der Waals surface area contributed by atoms with Crippen LogP contribution in [-0.4, -0.2) is 20.1 Å². The smallest absolute Gasteiger partial charge is 0.229 e. The second-order valence-corrected chi connectivity index (χ2v) is 4.63. The predicted molar refractivity (Wildman–Crippen MR) is 78.2 cm³/mol. The quantitative estimate of drug-likeness (QED) is 0.858. The molecule has 23 heavy (non-hydrogen) atoms. The van der Waals surface area contributed by atoms with E-state index in [0.29, 0.717) is 17.1 Å². The highest BCUT2D eigenvalue weighted by molar-refractivity contribution is 5.92. The summed E-state index contributed by atoms with van der Waals surface area (Å²) in [7, 11) is 2.93. The Labute approximate surface area is 130 Å². The van der Waals surface area contributed by atoms with Gasteiger partial charge in [0.1, 0.15) is 11.5 Å². The molecule has 0 aliphatic carbocycles. The van der Waals surface area contributed by atoms with E-state index in [-0.39, 0.29) is 6.42 Å². The van der Waals surface area contributed by atoms with Crippen molar-refractivity contribution in [2.75, 3.05) is 19.5 Å². The zero-order chi connectivity index (χ0) is 17.0. The first-order valence-corrected chi connectivity index (χ1v) is 6.60. The van der Waals surface area contributed by atoms with Gasteiger partial charge in [0.05, 0.1) is 26.3 Å². The Hall–Kier alpha value is -2.70. The molecule has 0 aliphatic rings. The first-order valence-electron chi connectivity index (χ1n) is 6.60. The summed E-state index contributed by atoms with van der Waals surface area (Å²) in [4.78, 5) is 12.0. The van der Waals surface area contributed by atoms with Gasteiger partial charge in [-0.1, -0.05) is 6.07 Å². The molecule has 0 radical (unpaired) electrons. The average Bonchev–Trinajstić information content (AvgIpc) is 2.55. The van der Waals surface area contributed by atoms with Gasteiger partial charge in [-0.25, -0.2) is 13.2 Å². The number of halogens is 3. The van der Waals surface area contributed by atoms with Crippen molar-refractivity contribution in [1.82, 2.24) is 0 Å². The first kappa shape index (κ1) is 16.7. The van der Waals surface area contributed by atoms with Gasteiger partial charge in [0.2, 0.25) is 5.91 Å². The van der Waals surface area contributed by atoms with Crippen molar-refractivity contribution in [2.45, 2.75) is 6.42 Å². The van der Waals surface area contributed by atoms with E-state index in [0.717, 1.165) is 12.1 Å². The maximum atomic E-state index is 13.5. The standard InChI is InChI=1S/C16H14F3NO3/c1-22-10-4-3-9(13(8-10)23-2)7-14(21)20-12-6-5-11(17)15(18)16(12)19/h3-6,8H,7H2,1-2H3,(H,20,21). The lowest BCUT2D eigenvalue weighted by Crippen LogP contribution is -2.16. The summed E-state index contributed by atoms with van der Waals surface area (Å²) in [6, 6.07) is 6.56. The fourth-order valence-corrected chi connectivity index (χ4v) is 1.99. The molecule has 0 saturated heterocycles. The molecule has 0 aliphatic heterocycles. The number of ether oxygens (including phenoxy) is 2. The van der Waals surface area contributed by atoms with Gasteiger partial charge in [0.25, 0.3) is 0 Å². The summed E-state index contributed by atoms with van der Waals surface area (Å²) >= 11 is 0. The van der Waals surface area contributed by atoms with Crippen LogP contribution in [0.1, 0.15) is 5.56 Å². The third-order valence-corrected chi connectivity index (χ3v) is 3.15. The van der Waals surface area contributed by atoms with E-state index in [1.165, 1.54) is 14.2 Å². The van der Waals surface area contributed by atoms with Gasteiger partial charge < -0.3 is 14.8 Å². The molecule has 0 bridgehead atoms. The summed E-state index contributed by atoms with van der Waals surface area (Å²) in [5.41, 5.74) is 0.107. The molecular weight excluding hydrogens is 311 g/mol. The van der Waals surface area contributed by atoms with Crippen LogP contribution in [0.25, 0.3) is 0 Å². The Bertz CT molecular complexity index is 735. The van der Waals surface area contributed by atoms with Crippen LogP contribution in [0.2, 0.25) is 0 Å². The molecule has 2 rings (SSSR count). The lowest BCUT2D eigenvalue weighted by molar-refractivity contribution is -0.115. The molecule has 2 aromatic rings. The van der Waals surface area contributed by atoms with Crippen LogP contribution in [0.3, 0.4) is 0 Å². The van der Waals surface area contributed by atoms with Crippen LogP contribution < -0.4 is 14.8 Å². The average molecular weight is 325 g/mol. The minimum atomic E-state index is -1.63. The normalized spacial score (nSPS) is 10.3. The zero-order valence-corrected chi connectivity index (χ0v) is 12.5. The molecule has 1 N–H and O–H groups in total. The largest absolute Gasteiger partial charge is 0.497 e. The van der Waals surface area contributed by atoms with Gasteiger partial charge >= 0.3 is 0 Å². The SMILES string of the molecule is COc1ccc(CC(=O)Nc2ccc(F)c(F)c2F)c(OC)c1. The van der Waals surface area contributed by atoms with Crippen LogP contribution in [0.15, 0.2) is 30.3 Å². The molecule has 0 fully saturated rings. The van der Waals surface area contributed by atoms with Crippen molar-refractivity contribution >= 4 is 11.6 Å². The fourth-order valence-electron chi connectivity index (χ4n) is 1.99. The van der Waals surface area contributed by atoms with Crippen LogP contribution >= 0.6 is 0 Å². The number of amides is 1. The maximum absolute atomic E-state index is 13.5. The van der Waals surface area contributed by atoms with Crippen LogP contribution in [0.5, 0.6) is 11.5 Å². The van der Waals surface area contributed by atoms with Crippen LogP contribution in [0.4, 0.5) is 18.9 Å². The number of benzene rings is 2. The maximum Gasteiger partial charge on any atom is 0.229 e. The molecule has 7 heteroatoms. The number of carbonyl (C=O) groups excluding carboxylic acids is 1. The second kappa shape index (κ2) is 7.04. The number of carbonyl (C=O) groups is 1. The number of nitrogens with one attached hydrogen (secondary N) is 1. The third-order valence-electron chi connectivity index (χ3n) is 3.15. The van der Waals surface area contributed by atoms with E-state index in [9.17, 15) is 18.0 Å². The molecule has 122 valence electrons. The molecule has 0 aromatic heterocycles. The van der Waals surface area contributed by atoms with E-state index in [1.54, 1.807) is 18.2 Å². The monoisotopic (exact) mass is 325 g/mol. The van der Waals surface area contributed by atoms with Gasteiger partial charge in [-0.2, -0.15) is 0 Å². The second-order valence-electron chi connectivity index (χ2n) is 4.63. The Kier molecular flexibility index (Phi) is 5.10.